The summed E-state index contributed by atoms with van der Waals surface area (Å²) < 4.78 is 22.4. The molecule has 1 saturated carbocycles. The third-order valence-electron chi connectivity index (χ3n) is 6.46. The van der Waals surface area contributed by atoms with Gasteiger partial charge in [-0.15, -0.1) is 11.8 Å². The Hall–Kier alpha value is -2.84. The molecule has 3 aromatic rings. The first kappa shape index (κ1) is 25.3. The van der Waals surface area contributed by atoms with Crippen molar-refractivity contribution in [2.24, 2.45) is 11.8 Å². The van der Waals surface area contributed by atoms with Crippen LogP contribution in [0.25, 0.3) is 22.4 Å². The number of aromatic hydroxyl groups is 1. The standard InChI is InChI=1S/C27H31FN2O4S/c1-2-35-27-24(21-9-6-10-22(31)25(21)28)26(20-7-4-3-5-8-20)29-30(27)15-18-11-13-19(14-12-18)16-34-17-23(32)33/h3-10,18-19,31H,2,11-17H2,1H3,(H,32,33)/t18-,19+. The molecule has 1 aromatic heterocycles. The highest BCUT2D eigenvalue weighted by atomic mass is 32.2. The van der Waals surface area contributed by atoms with Gasteiger partial charge in [0, 0.05) is 23.2 Å². The number of aromatic nitrogens is 2. The summed E-state index contributed by atoms with van der Waals surface area (Å²) in [7, 11) is 0. The van der Waals surface area contributed by atoms with Crippen molar-refractivity contribution in [2.75, 3.05) is 19.0 Å². The first-order valence-corrected chi connectivity index (χ1v) is 13.0. The van der Waals surface area contributed by atoms with Gasteiger partial charge in [0.25, 0.3) is 0 Å². The summed E-state index contributed by atoms with van der Waals surface area (Å²) in [6, 6.07) is 14.5. The van der Waals surface area contributed by atoms with Gasteiger partial charge in [0.15, 0.2) is 11.6 Å². The van der Waals surface area contributed by atoms with Gasteiger partial charge in [0.05, 0.1) is 6.61 Å². The van der Waals surface area contributed by atoms with E-state index in [0.717, 1.165) is 48.6 Å². The second kappa shape index (κ2) is 11.7. The molecule has 0 saturated heterocycles. The van der Waals surface area contributed by atoms with Crippen molar-refractivity contribution in [3.8, 4) is 28.1 Å². The molecule has 186 valence electrons. The number of halogens is 1. The fourth-order valence-corrected chi connectivity index (χ4v) is 5.63. The number of carbonyl (C=O) groups is 1. The molecule has 0 spiro atoms. The third-order valence-corrected chi connectivity index (χ3v) is 7.44. The first-order valence-electron chi connectivity index (χ1n) is 12.0. The zero-order valence-corrected chi connectivity index (χ0v) is 20.6. The SMILES string of the molecule is CCSc1c(-c2cccc(O)c2F)c(-c2ccccc2)nn1C[C@H]1CC[C@@H](COCC(=O)O)CC1. The molecule has 0 bridgehead atoms. The van der Waals surface area contributed by atoms with Crippen LogP contribution in [0, 0.1) is 17.7 Å². The number of benzene rings is 2. The summed E-state index contributed by atoms with van der Waals surface area (Å²) in [5.74, 6) is -0.335. The van der Waals surface area contributed by atoms with Crippen LogP contribution in [-0.4, -0.2) is 44.9 Å². The summed E-state index contributed by atoms with van der Waals surface area (Å²) in [6.07, 6.45) is 3.99. The highest BCUT2D eigenvalue weighted by Crippen LogP contribution is 2.43. The molecule has 0 radical (unpaired) electrons. The molecule has 2 N–H and O–H groups in total. The number of ether oxygens (including phenoxy) is 1. The molecule has 1 heterocycles. The number of aliphatic carboxylic acids is 1. The van der Waals surface area contributed by atoms with Crippen molar-refractivity contribution < 1.29 is 24.1 Å². The minimum absolute atomic E-state index is 0.249. The maximum Gasteiger partial charge on any atom is 0.329 e. The number of carboxylic acids is 1. The van der Waals surface area contributed by atoms with Crippen LogP contribution in [0.15, 0.2) is 53.6 Å². The van der Waals surface area contributed by atoms with E-state index in [0.29, 0.717) is 35.3 Å². The predicted octanol–water partition coefficient (Wildman–Crippen LogP) is 6.08. The average Bonchev–Trinajstić information content (AvgIpc) is 3.20. The Morgan fingerprint density at radius 1 is 1.11 bits per heavy atom. The van der Waals surface area contributed by atoms with Crippen molar-refractivity contribution in [1.29, 1.82) is 0 Å². The molecule has 4 rings (SSSR count). The zero-order chi connectivity index (χ0) is 24.8. The Balaban J connectivity index is 1.62. The molecule has 0 atom stereocenters. The maximum absolute atomic E-state index is 15.1. The zero-order valence-electron chi connectivity index (χ0n) is 19.8. The third kappa shape index (κ3) is 6.05. The molecule has 1 aliphatic rings. The molecule has 6 nitrogen and oxygen atoms in total. The minimum atomic E-state index is -0.938. The summed E-state index contributed by atoms with van der Waals surface area (Å²) in [5.41, 5.74) is 2.68. The van der Waals surface area contributed by atoms with E-state index in [1.807, 2.05) is 35.0 Å². The lowest BCUT2D eigenvalue weighted by atomic mass is 9.82. The van der Waals surface area contributed by atoms with Gasteiger partial charge in [0.1, 0.15) is 17.3 Å². The first-order chi connectivity index (χ1) is 17.0. The lowest BCUT2D eigenvalue weighted by molar-refractivity contribution is -0.142. The molecule has 0 unspecified atom stereocenters. The molecule has 0 amide bonds. The van der Waals surface area contributed by atoms with Crippen LogP contribution in [0.4, 0.5) is 4.39 Å². The number of hydrogen-bond donors (Lipinski definition) is 2. The quantitative estimate of drug-likeness (QED) is 0.330. The van der Waals surface area contributed by atoms with E-state index in [2.05, 4.69) is 6.92 Å². The van der Waals surface area contributed by atoms with Crippen LogP contribution in [-0.2, 0) is 16.1 Å². The summed E-state index contributed by atoms with van der Waals surface area (Å²) in [6.45, 7) is 3.03. The lowest BCUT2D eigenvalue weighted by Crippen LogP contribution is -2.23. The molecule has 0 aliphatic heterocycles. The molecular formula is C27H31FN2O4S. The number of hydrogen-bond acceptors (Lipinski definition) is 5. The van der Waals surface area contributed by atoms with Crippen LogP contribution >= 0.6 is 11.8 Å². The minimum Gasteiger partial charge on any atom is -0.505 e. The lowest BCUT2D eigenvalue weighted by Gasteiger charge is -2.28. The number of carboxylic acid groups (broad SMARTS) is 1. The monoisotopic (exact) mass is 498 g/mol. The second-order valence-corrected chi connectivity index (χ2v) is 10.2. The predicted molar refractivity (Wildman–Crippen MR) is 135 cm³/mol. The van der Waals surface area contributed by atoms with E-state index in [-0.39, 0.29) is 12.4 Å². The fourth-order valence-electron chi connectivity index (χ4n) is 4.75. The highest BCUT2D eigenvalue weighted by molar-refractivity contribution is 7.99. The second-order valence-electron chi connectivity index (χ2n) is 8.94. The Labute approximate surface area is 209 Å². The van der Waals surface area contributed by atoms with E-state index in [1.165, 1.54) is 6.07 Å². The van der Waals surface area contributed by atoms with Crippen LogP contribution in [0.1, 0.15) is 32.6 Å². The van der Waals surface area contributed by atoms with Crippen molar-refractivity contribution in [1.82, 2.24) is 9.78 Å². The number of thioether (sulfide) groups is 1. The number of phenols is 1. The van der Waals surface area contributed by atoms with E-state index in [9.17, 15) is 9.90 Å². The maximum atomic E-state index is 15.1. The number of nitrogens with zero attached hydrogens (tertiary/aromatic N) is 2. The summed E-state index contributed by atoms with van der Waals surface area (Å²) >= 11 is 1.63. The van der Waals surface area contributed by atoms with Gasteiger partial charge in [-0.25, -0.2) is 9.18 Å². The largest absolute Gasteiger partial charge is 0.505 e. The van der Waals surface area contributed by atoms with Crippen LogP contribution in [0.5, 0.6) is 5.75 Å². The Bertz CT molecular complexity index is 1140. The van der Waals surface area contributed by atoms with Crippen LogP contribution in [0.3, 0.4) is 0 Å². The van der Waals surface area contributed by atoms with Gasteiger partial charge in [-0.2, -0.15) is 5.10 Å². The Morgan fingerprint density at radius 3 is 2.51 bits per heavy atom. The summed E-state index contributed by atoms with van der Waals surface area (Å²) in [4.78, 5) is 10.7. The van der Waals surface area contributed by atoms with Gasteiger partial charge >= 0.3 is 5.97 Å². The van der Waals surface area contributed by atoms with Crippen molar-refractivity contribution >= 4 is 17.7 Å². The van der Waals surface area contributed by atoms with E-state index in [4.69, 9.17) is 14.9 Å². The van der Waals surface area contributed by atoms with Gasteiger partial charge in [-0.3, -0.25) is 4.68 Å². The molecule has 35 heavy (non-hydrogen) atoms. The van der Waals surface area contributed by atoms with Crippen LogP contribution in [0.2, 0.25) is 0 Å². The van der Waals surface area contributed by atoms with E-state index < -0.39 is 11.8 Å². The highest BCUT2D eigenvalue weighted by Gasteiger charge is 2.27. The van der Waals surface area contributed by atoms with Gasteiger partial charge < -0.3 is 14.9 Å². The molecule has 8 heteroatoms. The van der Waals surface area contributed by atoms with Crippen molar-refractivity contribution in [3.63, 3.8) is 0 Å². The molecule has 1 aliphatic carbocycles. The van der Waals surface area contributed by atoms with E-state index >= 15 is 4.39 Å². The van der Waals surface area contributed by atoms with Gasteiger partial charge in [-0.05, 0) is 49.3 Å². The van der Waals surface area contributed by atoms with E-state index in [1.54, 1.807) is 23.9 Å². The van der Waals surface area contributed by atoms with Crippen LogP contribution < -0.4 is 0 Å². The average molecular weight is 499 g/mol. The molecule has 2 aromatic carbocycles. The molecule has 1 fully saturated rings. The Morgan fingerprint density at radius 2 is 1.83 bits per heavy atom. The number of rotatable bonds is 10. The van der Waals surface area contributed by atoms with Crippen molar-refractivity contribution in [2.45, 2.75) is 44.2 Å². The van der Waals surface area contributed by atoms with Crippen molar-refractivity contribution in [3.05, 3.63) is 54.3 Å². The smallest absolute Gasteiger partial charge is 0.329 e. The van der Waals surface area contributed by atoms with Gasteiger partial charge in [0.2, 0.25) is 0 Å². The number of phenolic OH excluding ortho intramolecular Hbond substituents is 1. The Kier molecular flexibility index (Phi) is 8.46. The molecular weight excluding hydrogens is 467 g/mol. The fraction of sp³-hybridized carbons (Fsp3) is 0.407. The summed E-state index contributed by atoms with van der Waals surface area (Å²) in [5, 5.41) is 24.7. The normalized spacial score (nSPS) is 18.0. The topological polar surface area (TPSA) is 84.6 Å². The van der Waals surface area contributed by atoms with Gasteiger partial charge in [-0.1, -0.05) is 49.4 Å².